The first-order valence-electron chi connectivity index (χ1n) is 7.31. The molecule has 4 nitrogen and oxygen atoms in total. The second-order valence-corrected chi connectivity index (χ2v) is 6.69. The van der Waals surface area contributed by atoms with Crippen molar-refractivity contribution in [1.82, 2.24) is 14.9 Å². The molecule has 2 aromatic rings. The van der Waals surface area contributed by atoms with E-state index in [9.17, 15) is 8.78 Å². The Labute approximate surface area is 137 Å². The number of hydrogen-bond donors (Lipinski definition) is 0. The Morgan fingerprint density at radius 1 is 1.13 bits per heavy atom. The fourth-order valence-corrected chi connectivity index (χ4v) is 3.33. The lowest BCUT2D eigenvalue weighted by molar-refractivity contribution is -0.191. The number of likely N-dealkylation sites (tertiary alicyclic amines) is 1. The molecule has 1 spiro atoms. The molecule has 0 N–H and O–H groups in total. The van der Waals surface area contributed by atoms with E-state index in [0.29, 0.717) is 12.0 Å². The Bertz CT molecular complexity index is 759. The Kier molecular flexibility index (Phi) is 3.55. The normalized spacial score (nSPS) is 19.4. The van der Waals surface area contributed by atoms with Crippen molar-refractivity contribution in [2.45, 2.75) is 6.54 Å². The first-order valence-corrected chi connectivity index (χ1v) is 7.68. The van der Waals surface area contributed by atoms with E-state index < -0.39 is 11.6 Å². The zero-order chi connectivity index (χ0) is 16.0. The standard InChI is InChI=1S/C16H14ClF2N3O/c17-14-2-12(18)11(4-20-14)15-13(19)1-10(3-21-15)5-22-6-16(7-22)8-23-9-16/h1-4H,5-9H2. The van der Waals surface area contributed by atoms with Gasteiger partial charge < -0.3 is 4.74 Å². The van der Waals surface area contributed by atoms with Gasteiger partial charge in [0.15, 0.2) is 0 Å². The van der Waals surface area contributed by atoms with Gasteiger partial charge in [-0.25, -0.2) is 13.8 Å². The smallest absolute Gasteiger partial charge is 0.149 e. The number of rotatable bonds is 3. The van der Waals surface area contributed by atoms with E-state index in [-0.39, 0.29) is 16.4 Å². The summed E-state index contributed by atoms with van der Waals surface area (Å²) in [4.78, 5) is 10.1. The molecule has 2 aliphatic rings. The SMILES string of the molecule is Fc1cc(Cl)ncc1-c1ncc(CN2CC3(COC3)C2)cc1F. The molecular formula is C16H14ClF2N3O. The van der Waals surface area contributed by atoms with Gasteiger partial charge in [-0.3, -0.25) is 9.88 Å². The fourth-order valence-electron chi connectivity index (χ4n) is 3.19. The molecule has 0 aliphatic carbocycles. The minimum atomic E-state index is -0.640. The molecule has 4 rings (SSSR count). The Morgan fingerprint density at radius 2 is 1.91 bits per heavy atom. The fraction of sp³-hybridized carbons (Fsp3) is 0.375. The van der Waals surface area contributed by atoms with Crippen molar-refractivity contribution in [3.05, 3.63) is 46.9 Å². The van der Waals surface area contributed by atoms with E-state index in [1.807, 2.05) is 0 Å². The monoisotopic (exact) mass is 337 g/mol. The van der Waals surface area contributed by atoms with Crippen molar-refractivity contribution >= 4 is 11.6 Å². The largest absolute Gasteiger partial charge is 0.380 e. The van der Waals surface area contributed by atoms with Crippen molar-refractivity contribution < 1.29 is 13.5 Å². The molecule has 2 fully saturated rings. The lowest BCUT2D eigenvalue weighted by Crippen LogP contribution is -2.65. The maximum absolute atomic E-state index is 14.3. The Balaban J connectivity index is 1.50. The van der Waals surface area contributed by atoms with Crippen molar-refractivity contribution in [3.8, 4) is 11.3 Å². The molecule has 7 heteroatoms. The molecule has 0 atom stereocenters. The zero-order valence-electron chi connectivity index (χ0n) is 12.2. The highest BCUT2D eigenvalue weighted by molar-refractivity contribution is 6.29. The number of nitrogens with zero attached hydrogens (tertiary/aromatic N) is 3. The van der Waals surface area contributed by atoms with Crippen LogP contribution in [0.4, 0.5) is 8.78 Å². The maximum Gasteiger partial charge on any atom is 0.149 e. The summed E-state index contributed by atoms with van der Waals surface area (Å²) in [5, 5.41) is 0.0231. The summed E-state index contributed by atoms with van der Waals surface area (Å²) in [6.07, 6.45) is 2.77. The molecule has 0 amide bonds. The maximum atomic E-state index is 14.3. The number of pyridine rings is 2. The third kappa shape index (κ3) is 2.71. The van der Waals surface area contributed by atoms with Crippen molar-refractivity contribution in [1.29, 1.82) is 0 Å². The number of ether oxygens (including phenoxy) is 1. The third-order valence-corrected chi connectivity index (χ3v) is 4.52. The van der Waals surface area contributed by atoms with Crippen LogP contribution in [0.3, 0.4) is 0 Å². The van der Waals surface area contributed by atoms with Crippen molar-refractivity contribution in [2.75, 3.05) is 26.3 Å². The Morgan fingerprint density at radius 3 is 2.52 bits per heavy atom. The number of halogens is 3. The summed E-state index contributed by atoms with van der Waals surface area (Å²) < 4.78 is 33.4. The van der Waals surface area contributed by atoms with Crippen LogP contribution in [0.25, 0.3) is 11.3 Å². The van der Waals surface area contributed by atoms with Gasteiger partial charge in [0.1, 0.15) is 22.5 Å². The molecule has 0 saturated carbocycles. The van der Waals surface area contributed by atoms with Crippen LogP contribution in [-0.2, 0) is 11.3 Å². The van der Waals surface area contributed by atoms with Crippen LogP contribution in [0.5, 0.6) is 0 Å². The summed E-state index contributed by atoms with van der Waals surface area (Å²) >= 11 is 5.61. The molecule has 0 unspecified atom stereocenters. The summed E-state index contributed by atoms with van der Waals surface area (Å²) in [6, 6.07) is 2.45. The molecule has 23 heavy (non-hydrogen) atoms. The number of aromatic nitrogens is 2. The van der Waals surface area contributed by atoms with Gasteiger partial charge >= 0.3 is 0 Å². The highest BCUT2D eigenvalue weighted by Crippen LogP contribution is 2.38. The van der Waals surface area contributed by atoms with Crippen LogP contribution >= 0.6 is 11.6 Å². The summed E-state index contributed by atoms with van der Waals surface area (Å²) in [5.41, 5.74) is 1.05. The van der Waals surface area contributed by atoms with Gasteiger partial charge in [0.2, 0.25) is 0 Å². The van der Waals surface area contributed by atoms with Crippen molar-refractivity contribution in [2.24, 2.45) is 5.41 Å². The molecule has 2 saturated heterocycles. The van der Waals surface area contributed by atoms with E-state index in [4.69, 9.17) is 16.3 Å². The van der Waals surface area contributed by atoms with E-state index in [1.165, 1.54) is 12.3 Å². The summed E-state index contributed by atoms with van der Waals surface area (Å²) in [7, 11) is 0. The molecule has 0 bridgehead atoms. The van der Waals surface area contributed by atoms with E-state index in [1.54, 1.807) is 6.20 Å². The van der Waals surface area contributed by atoms with E-state index >= 15 is 0 Å². The molecule has 120 valence electrons. The van der Waals surface area contributed by atoms with Crippen LogP contribution in [0.1, 0.15) is 5.56 Å². The van der Waals surface area contributed by atoms with Crippen LogP contribution in [0, 0.1) is 17.0 Å². The molecule has 2 aromatic heterocycles. The predicted molar refractivity (Wildman–Crippen MR) is 80.9 cm³/mol. The van der Waals surface area contributed by atoms with Gasteiger partial charge in [-0.15, -0.1) is 0 Å². The van der Waals surface area contributed by atoms with Gasteiger partial charge in [0.05, 0.1) is 18.8 Å². The summed E-state index contributed by atoms with van der Waals surface area (Å²) in [6.45, 7) is 4.20. The van der Waals surface area contributed by atoms with Crippen LogP contribution in [0.2, 0.25) is 5.15 Å². The zero-order valence-corrected chi connectivity index (χ0v) is 13.0. The van der Waals surface area contributed by atoms with Crippen LogP contribution < -0.4 is 0 Å². The van der Waals surface area contributed by atoms with Gasteiger partial charge in [0, 0.05) is 43.5 Å². The van der Waals surface area contributed by atoms with E-state index in [0.717, 1.165) is 37.9 Å². The van der Waals surface area contributed by atoms with Crippen LogP contribution in [-0.4, -0.2) is 41.2 Å². The minimum Gasteiger partial charge on any atom is -0.380 e. The third-order valence-electron chi connectivity index (χ3n) is 4.31. The van der Waals surface area contributed by atoms with Gasteiger partial charge in [0.25, 0.3) is 0 Å². The minimum absolute atomic E-state index is 0.00738. The highest BCUT2D eigenvalue weighted by atomic mass is 35.5. The van der Waals surface area contributed by atoms with E-state index in [2.05, 4.69) is 14.9 Å². The highest BCUT2D eigenvalue weighted by Gasteiger charge is 2.48. The second kappa shape index (κ2) is 5.47. The summed E-state index contributed by atoms with van der Waals surface area (Å²) in [5.74, 6) is -1.20. The lowest BCUT2D eigenvalue weighted by atomic mass is 9.78. The van der Waals surface area contributed by atoms with Gasteiger partial charge in [-0.1, -0.05) is 11.6 Å². The predicted octanol–water partition coefficient (Wildman–Crippen LogP) is 2.91. The Hall–Kier alpha value is -1.63. The second-order valence-electron chi connectivity index (χ2n) is 6.30. The number of hydrogen-bond acceptors (Lipinski definition) is 4. The molecule has 4 heterocycles. The average Bonchev–Trinajstić information content (AvgIpc) is 2.41. The topological polar surface area (TPSA) is 38.2 Å². The van der Waals surface area contributed by atoms with Crippen molar-refractivity contribution in [3.63, 3.8) is 0 Å². The first-order chi connectivity index (χ1) is 11.0. The molecule has 2 aliphatic heterocycles. The molecule has 0 radical (unpaired) electrons. The first kappa shape index (κ1) is 14.9. The lowest BCUT2D eigenvalue weighted by Gasteiger charge is -2.55. The molecule has 0 aromatic carbocycles. The average molecular weight is 338 g/mol. The van der Waals surface area contributed by atoms with Crippen LogP contribution in [0.15, 0.2) is 24.5 Å². The quantitative estimate of drug-likeness (QED) is 0.807. The molecular weight excluding hydrogens is 324 g/mol. The van der Waals surface area contributed by atoms with Gasteiger partial charge in [-0.05, 0) is 11.6 Å². The van der Waals surface area contributed by atoms with Gasteiger partial charge in [-0.2, -0.15) is 0 Å².